The van der Waals surface area contributed by atoms with E-state index in [-0.39, 0.29) is 0 Å². The molecule has 0 saturated heterocycles. The molecule has 2 aliphatic rings. The van der Waals surface area contributed by atoms with Crippen LogP contribution in [-0.2, 0) is 0 Å². The fourth-order valence-corrected chi connectivity index (χ4v) is 2.24. The van der Waals surface area contributed by atoms with Gasteiger partial charge in [-0.05, 0) is 12.8 Å². The minimum Gasteiger partial charge on any atom is -0.356 e. The van der Waals surface area contributed by atoms with Gasteiger partial charge in [-0.25, -0.2) is 0 Å². The molecule has 0 atom stereocenters. The topological polar surface area (TPSA) is 6.48 Å². The fourth-order valence-electron chi connectivity index (χ4n) is 2.24. The van der Waals surface area contributed by atoms with Gasteiger partial charge in [0.15, 0.2) is 0 Å². The van der Waals surface area contributed by atoms with Crippen molar-refractivity contribution in [3.05, 3.63) is 25.1 Å². The Bertz CT molecular complexity index is 204. The van der Waals surface area contributed by atoms with Crippen molar-refractivity contribution in [2.75, 3.05) is 13.2 Å². The predicted molar refractivity (Wildman–Crippen MR) is 55.0 cm³/mol. The number of hydrogen-bond donors (Lipinski definition) is 0. The fraction of sp³-hybridized carbons (Fsp3) is 0.636. The molecule has 1 fully saturated rings. The molecule has 72 valence electrons. The lowest BCUT2D eigenvalue weighted by molar-refractivity contribution is 0.223. The van der Waals surface area contributed by atoms with Crippen molar-refractivity contribution in [2.45, 2.75) is 31.7 Å². The molecule has 0 amide bonds. The molecule has 2 heteroatoms. The molecule has 1 heterocycles. The summed E-state index contributed by atoms with van der Waals surface area (Å²) >= 11 is 0. The van der Waals surface area contributed by atoms with Gasteiger partial charge in [0.25, 0.3) is 0 Å². The lowest BCUT2D eigenvalue weighted by atomic mass is 10.2. The summed E-state index contributed by atoms with van der Waals surface area (Å²) in [5.41, 5.74) is 0. The van der Waals surface area contributed by atoms with E-state index in [1.54, 1.807) is 0 Å². The summed E-state index contributed by atoms with van der Waals surface area (Å²) in [7, 11) is 0. The molecule has 1 saturated carbocycles. The molecule has 0 aromatic carbocycles. The van der Waals surface area contributed by atoms with Crippen molar-refractivity contribution in [1.29, 1.82) is 0 Å². The van der Waals surface area contributed by atoms with E-state index >= 15 is 0 Å². The second-order valence-corrected chi connectivity index (χ2v) is 3.95. The first-order valence-electron chi connectivity index (χ1n) is 5.19. The standard InChI is InChI=1S/C11H18N2/c1-2-7-12-8-9-13(10-12)11-5-3-4-6-11/h2,8-9,11H,1,3-7,10H2. The molecule has 2 nitrogen and oxygen atoms in total. The first-order chi connectivity index (χ1) is 6.40. The Morgan fingerprint density at radius 3 is 2.77 bits per heavy atom. The predicted octanol–water partition coefficient (Wildman–Crippen LogP) is 2.16. The second-order valence-electron chi connectivity index (χ2n) is 3.95. The summed E-state index contributed by atoms with van der Waals surface area (Å²) in [5.74, 6) is 0. The molecule has 13 heavy (non-hydrogen) atoms. The first kappa shape index (κ1) is 8.67. The lowest BCUT2D eigenvalue weighted by Crippen LogP contribution is -2.32. The Kier molecular flexibility index (Phi) is 2.57. The van der Waals surface area contributed by atoms with E-state index in [9.17, 15) is 0 Å². The summed E-state index contributed by atoms with van der Waals surface area (Å²) in [4.78, 5) is 4.77. The lowest BCUT2D eigenvalue weighted by Gasteiger charge is -2.25. The molecule has 0 N–H and O–H groups in total. The largest absolute Gasteiger partial charge is 0.356 e. The SMILES string of the molecule is C=CCN1C=CN(C2CCCC2)C1. The normalized spacial score (nSPS) is 23.1. The van der Waals surface area contributed by atoms with Gasteiger partial charge in [0, 0.05) is 25.0 Å². The Hall–Kier alpha value is -0.920. The van der Waals surface area contributed by atoms with Crippen LogP contribution >= 0.6 is 0 Å². The van der Waals surface area contributed by atoms with Crippen LogP contribution in [0.3, 0.4) is 0 Å². The molecule has 2 rings (SSSR count). The van der Waals surface area contributed by atoms with E-state index in [0.29, 0.717) is 0 Å². The summed E-state index contributed by atoms with van der Waals surface area (Å²) in [6, 6.07) is 0.811. The molecule has 0 aromatic rings. The molecule has 1 aliphatic carbocycles. The van der Waals surface area contributed by atoms with Gasteiger partial charge in [-0.2, -0.15) is 0 Å². The average molecular weight is 178 g/mol. The van der Waals surface area contributed by atoms with Gasteiger partial charge in [-0.15, -0.1) is 6.58 Å². The van der Waals surface area contributed by atoms with Gasteiger partial charge in [0.2, 0.25) is 0 Å². The monoisotopic (exact) mass is 178 g/mol. The van der Waals surface area contributed by atoms with Crippen LogP contribution in [0.25, 0.3) is 0 Å². The van der Waals surface area contributed by atoms with Crippen molar-refractivity contribution in [2.24, 2.45) is 0 Å². The summed E-state index contributed by atoms with van der Waals surface area (Å²) in [6.45, 7) is 5.79. The molecular weight excluding hydrogens is 160 g/mol. The van der Waals surface area contributed by atoms with Crippen LogP contribution in [0.4, 0.5) is 0 Å². The maximum absolute atomic E-state index is 3.75. The summed E-state index contributed by atoms with van der Waals surface area (Å²) < 4.78 is 0. The third kappa shape index (κ3) is 1.87. The van der Waals surface area contributed by atoms with Gasteiger partial charge in [-0.1, -0.05) is 18.9 Å². The minimum absolute atomic E-state index is 0.811. The number of rotatable bonds is 3. The van der Waals surface area contributed by atoms with E-state index in [1.165, 1.54) is 25.7 Å². The minimum atomic E-state index is 0.811. The van der Waals surface area contributed by atoms with Crippen molar-refractivity contribution >= 4 is 0 Å². The van der Waals surface area contributed by atoms with Crippen molar-refractivity contribution in [3.8, 4) is 0 Å². The number of nitrogens with zero attached hydrogens (tertiary/aromatic N) is 2. The Balaban J connectivity index is 1.84. The van der Waals surface area contributed by atoms with Crippen LogP contribution in [0.2, 0.25) is 0 Å². The zero-order chi connectivity index (χ0) is 9.10. The maximum Gasteiger partial charge on any atom is 0.0899 e. The third-order valence-corrected chi connectivity index (χ3v) is 2.97. The quantitative estimate of drug-likeness (QED) is 0.611. The summed E-state index contributed by atoms with van der Waals surface area (Å²) in [6.07, 6.45) is 12.0. The van der Waals surface area contributed by atoms with Crippen LogP contribution in [-0.4, -0.2) is 29.1 Å². The zero-order valence-electron chi connectivity index (χ0n) is 8.15. The Labute approximate surface area is 80.5 Å². The Morgan fingerprint density at radius 1 is 1.31 bits per heavy atom. The van der Waals surface area contributed by atoms with Crippen molar-refractivity contribution in [1.82, 2.24) is 9.80 Å². The van der Waals surface area contributed by atoms with E-state index in [1.807, 2.05) is 6.08 Å². The maximum atomic E-state index is 3.75. The van der Waals surface area contributed by atoms with Gasteiger partial charge >= 0.3 is 0 Å². The van der Waals surface area contributed by atoms with Crippen LogP contribution in [0, 0.1) is 0 Å². The van der Waals surface area contributed by atoms with Crippen molar-refractivity contribution < 1.29 is 0 Å². The highest BCUT2D eigenvalue weighted by Crippen LogP contribution is 2.25. The van der Waals surface area contributed by atoms with Crippen LogP contribution in [0.1, 0.15) is 25.7 Å². The van der Waals surface area contributed by atoms with E-state index in [4.69, 9.17) is 0 Å². The van der Waals surface area contributed by atoms with Crippen LogP contribution < -0.4 is 0 Å². The van der Waals surface area contributed by atoms with Crippen LogP contribution in [0.5, 0.6) is 0 Å². The molecule has 0 bridgehead atoms. The molecule has 0 unspecified atom stereocenters. The highest BCUT2D eigenvalue weighted by molar-refractivity contribution is 4.96. The molecule has 0 radical (unpaired) electrons. The van der Waals surface area contributed by atoms with Gasteiger partial charge in [-0.3, -0.25) is 0 Å². The zero-order valence-corrected chi connectivity index (χ0v) is 8.15. The molecule has 0 spiro atoms. The molecule has 0 aromatic heterocycles. The van der Waals surface area contributed by atoms with Gasteiger partial charge in [0.1, 0.15) is 0 Å². The van der Waals surface area contributed by atoms with Gasteiger partial charge < -0.3 is 9.80 Å². The average Bonchev–Trinajstić information content (AvgIpc) is 2.70. The van der Waals surface area contributed by atoms with Gasteiger partial charge in [0.05, 0.1) is 6.67 Å². The van der Waals surface area contributed by atoms with E-state index < -0.39 is 0 Å². The number of hydrogen-bond acceptors (Lipinski definition) is 2. The molecule has 1 aliphatic heterocycles. The third-order valence-electron chi connectivity index (χ3n) is 2.97. The highest BCUT2D eigenvalue weighted by atomic mass is 15.3. The van der Waals surface area contributed by atoms with E-state index in [0.717, 1.165) is 19.3 Å². The van der Waals surface area contributed by atoms with E-state index in [2.05, 4.69) is 28.8 Å². The second kappa shape index (κ2) is 3.86. The Morgan fingerprint density at radius 2 is 2.08 bits per heavy atom. The highest BCUT2D eigenvalue weighted by Gasteiger charge is 2.23. The smallest absolute Gasteiger partial charge is 0.0899 e. The molecular formula is C11H18N2. The first-order valence-corrected chi connectivity index (χ1v) is 5.19. The van der Waals surface area contributed by atoms with Crippen molar-refractivity contribution in [3.63, 3.8) is 0 Å². The summed E-state index contributed by atoms with van der Waals surface area (Å²) in [5, 5.41) is 0. The van der Waals surface area contributed by atoms with Crippen LogP contribution in [0.15, 0.2) is 25.1 Å².